The van der Waals surface area contributed by atoms with Crippen LogP contribution in [-0.2, 0) is 22.4 Å². The van der Waals surface area contributed by atoms with Crippen molar-refractivity contribution in [1.82, 2.24) is 15.1 Å². The minimum atomic E-state index is -0.279. The average Bonchev–Trinajstić information content (AvgIpc) is 3.44. The van der Waals surface area contributed by atoms with Gasteiger partial charge in [0.2, 0.25) is 16.9 Å². The van der Waals surface area contributed by atoms with Crippen LogP contribution < -0.4 is 5.32 Å². The molecule has 1 aromatic carbocycles. The van der Waals surface area contributed by atoms with Crippen molar-refractivity contribution in [2.24, 2.45) is 5.92 Å². The lowest BCUT2D eigenvalue weighted by Gasteiger charge is -2.23. The third-order valence-corrected chi connectivity index (χ3v) is 6.59. The molecule has 1 atom stereocenters. The van der Waals surface area contributed by atoms with Crippen LogP contribution in [0.3, 0.4) is 0 Å². The smallest absolute Gasteiger partial charge is 0.231 e. The van der Waals surface area contributed by atoms with Gasteiger partial charge in [0, 0.05) is 25.4 Å². The fourth-order valence-electron chi connectivity index (χ4n) is 4.18. The van der Waals surface area contributed by atoms with Gasteiger partial charge in [-0.1, -0.05) is 54.5 Å². The normalized spacial score (nSPS) is 20.1. The summed E-state index contributed by atoms with van der Waals surface area (Å²) in [5, 5.41) is 12.6. The van der Waals surface area contributed by atoms with Gasteiger partial charge in [-0.15, -0.1) is 10.2 Å². The maximum atomic E-state index is 12.6. The van der Waals surface area contributed by atoms with Crippen molar-refractivity contribution in [2.45, 2.75) is 57.4 Å². The van der Waals surface area contributed by atoms with Crippen LogP contribution >= 0.6 is 11.3 Å². The number of hydrogen-bond acceptors (Lipinski definition) is 5. The van der Waals surface area contributed by atoms with Crippen molar-refractivity contribution in [1.29, 1.82) is 0 Å². The summed E-state index contributed by atoms with van der Waals surface area (Å²) in [7, 11) is 0. The number of aryl methyl sites for hydroxylation is 2. The average molecular weight is 399 g/mol. The molecule has 2 aliphatic rings. The first-order chi connectivity index (χ1) is 13.7. The standard InChI is InChI=1S/C21H26N4O2S/c26-19-13-16(14-25(19)17-10-4-5-11-17)20(27)22-21-24-23-18(28-21)12-6-9-15-7-2-1-3-8-15/h1-3,7-8,16-17H,4-6,9-14H2,(H,22,24,27)/t16-/m0/s1. The van der Waals surface area contributed by atoms with Crippen molar-refractivity contribution < 1.29 is 9.59 Å². The summed E-state index contributed by atoms with van der Waals surface area (Å²) in [6.45, 7) is 0.540. The Kier molecular flexibility index (Phi) is 6.00. The van der Waals surface area contributed by atoms with Crippen LogP contribution in [0.15, 0.2) is 30.3 Å². The van der Waals surface area contributed by atoms with Crippen molar-refractivity contribution >= 4 is 28.3 Å². The molecule has 2 fully saturated rings. The topological polar surface area (TPSA) is 75.2 Å². The second kappa shape index (κ2) is 8.82. The van der Waals surface area contributed by atoms with E-state index in [0.717, 1.165) is 37.1 Å². The van der Waals surface area contributed by atoms with Gasteiger partial charge in [-0.25, -0.2) is 0 Å². The quantitative estimate of drug-likeness (QED) is 0.775. The Morgan fingerprint density at radius 2 is 1.93 bits per heavy atom. The number of nitrogens with one attached hydrogen (secondary N) is 1. The molecule has 0 unspecified atom stereocenters. The van der Waals surface area contributed by atoms with Crippen LogP contribution in [0.1, 0.15) is 49.1 Å². The number of hydrogen-bond donors (Lipinski definition) is 1. The molecule has 7 heteroatoms. The molecule has 2 aromatic rings. The SMILES string of the molecule is O=C(Nc1nnc(CCCc2ccccc2)s1)[C@H]1CC(=O)N(C2CCCC2)C1. The second-order valence-electron chi connectivity index (χ2n) is 7.71. The van der Waals surface area contributed by atoms with Crippen LogP contribution in [0.2, 0.25) is 0 Å². The Bertz CT molecular complexity index is 817. The lowest BCUT2D eigenvalue weighted by atomic mass is 10.1. The number of carbonyl (C=O) groups is 2. The Balaban J connectivity index is 1.25. The first-order valence-corrected chi connectivity index (χ1v) is 11.0. The summed E-state index contributed by atoms with van der Waals surface area (Å²) in [4.78, 5) is 26.8. The number of aromatic nitrogens is 2. The zero-order valence-electron chi connectivity index (χ0n) is 16.0. The number of rotatable bonds is 7. The molecule has 0 radical (unpaired) electrons. The maximum absolute atomic E-state index is 12.6. The molecule has 148 valence electrons. The molecule has 1 aliphatic heterocycles. The van der Waals surface area contributed by atoms with Gasteiger partial charge in [-0.05, 0) is 31.2 Å². The van der Waals surface area contributed by atoms with Crippen molar-refractivity contribution in [3.8, 4) is 0 Å². The summed E-state index contributed by atoms with van der Waals surface area (Å²) >= 11 is 1.43. The van der Waals surface area contributed by atoms with E-state index in [1.54, 1.807) is 0 Å². The van der Waals surface area contributed by atoms with E-state index < -0.39 is 0 Å². The summed E-state index contributed by atoms with van der Waals surface area (Å²) in [5.74, 6) is -0.273. The molecule has 28 heavy (non-hydrogen) atoms. The molecule has 4 rings (SSSR count). The van der Waals surface area contributed by atoms with E-state index in [2.05, 4.69) is 39.8 Å². The molecule has 1 saturated carbocycles. The lowest BCUT2D eigenvalue weighted by molar-refractivity contribution is -0.129. The molecule has 1 aliphatic carbocycles. The monoisotopic (exact) mass is 398 g/mol. The predicted octanol–water partition coefficient (Wildman–Crippen LogP) is 3.44. The van der Waals surface area contributed by atoms with Crippen LogP contribution in [-0.4, -0.2) is 39.5 Å². The van der Waals surface area contributed by atoms with Gasteiger partial charge in [0.25, 0.3) is 0 Å². The maximum Gasteiger partial charge on any atom is 0.231 e. The predicted molar refractivity (Wildman–Crippen MR) is 109 cm³/mol. The summed E-state index contributed by atoms with van der Waals surface area (Å²) in [5.41, 5.74) is 1.32. The third-order valence-electron chi connectivity index (χ3n) is 5.69. The number of benzene rings is 1. The highest BCUT2D eigenvalue weighted by atomic mass is 32.1. The minimum absolute atomic E-state index is 0.110. The molecule has 0 spiro atoms. The molecule has 2 amide bonds. The van der Waals surface area contributed by atoms with E-state index in [4.69, 9.17) is 0 Å². The molecule has 1 N–H and O–H groups in total. The first-order valence-electron chi connectivity index (χ1n) is 10.2. The van der Waals surface area contributed by atoms with Gasteiger partial charge in [0.1, 0.15) is 5.01 Å². The summed E-state index contributed by atoms with van der Waals surface area (Å²) in [6.07, 6.45) is 7.67. The highest BCUT2D eigenvalue weighted by molar-refractivity contribution is 7.15. The Hall–Kier alpha value is -2.28. The molecular weight excluding hydrogens is 372 g/mol. The van der Waals surface area contributed by atoms with Gasteiger partial charge in [0.05, 0.1) is 5.92 Å². The number of anilines is 1. The van der Waals surface area contributed by atoms with Crippen LogP contribution in [0, 0.1) is 5.92 Å². The van der Waals surface area contributed by atoms with E-state index in [9.17, 15) is 9.59 Å². The number of nitrogens with zero attached hydrogens (tertiary/aromatic N) is 3. The van der Waals surface area contributed by atoms with Crippen LogP contribution in [0.5, 0.6) is 0 Å². The van der Waals surface area contributed by atoms with E-state index in [1.165, 1.54) is 29.7 Å². The van der Waals surface area contributed by atoms with Gasteiger partial charge >= 0.3 is 0 Å². The molecular formula is C21H26N4O2S. The van der Waals surface area contributed by atoms with Crippen LogP contribution in [0.4, 0.5) is 5.13 Å². The fraction of sp³-hybridized carbons (Fsp3) is 0.524. The van der Waals surface area contributed by atoms with Gasteiger partial charge in [-0.3, -0.25) is 9.59 Å². The molecule has 0 bridgehead atoms. The van der Waals surface area contributed by atoms with E-state index >= 15 is 0 Å². The molecule has 6 nitrogen and oxygen atoms in total. The second-order valence-corrected chi connectivity index (χ2v) is 8.78. The molecule has 1 aromatic heterocycles. The molecule has 2 heterocycles. The third kappa shape index (κ3) is 4.58. The molecule has 1 saturated heterocycles. The van der Waals surface area contributed by atoms with Crippen molar-refractivity contribution in [2.75, 3.05) is 11.9 Å². The highest BCUT2D eigenvalue weighted by Gasteiger charge is 2.38. The van der Waals surface area contributed by atoms with Gasteiger partial charge in [-0.2, -0.15) is 0 Å². The Morgan fingerprint density at radius 1 is 1.14 bits per heavy atom. The van der Waals surface area contributed by atoms with Crippen molar-refractivity contribution in [3.05, 3.63) is 40.9 Å². The number of amides is 2. The fourth-order valence-corrected chi connectivity index (χ4v) is 4.96. The zero-order chi connectivity index (χ0) is 19.3. The zero-order valence-corrected chi connectivity index (χ0v) is 16.8. The van der Waals surface area contributed by atoms with E-state index in [-0.39, 0.29) is 17.7 Å². The number of likely N-dealkylation sites (tertiary alicyclic amines) is 1. The first kappa shape index (κ1) is 19.1. The highest BCUT2D eigenvalue weighted by Crippen LogP contribution is 2.30. The summed E-state index contributed by atoms with van der Waals surface area (Å²) in [6, 6.07) is 10.7. The van der Waals surface area contributed by atoms with Gasteiger partial charge < -0.3 is 10.2 Å². The largest absolute Gasteiger partial charge is 0.339 e. The lowest BCUT2D eigenvalue weighted by Crippen LogP contribution is -2.35. The minimum Gasteiger partial charge on any atom is -0.339 e. The number of carbonyl (C=O) groups excluding carboxylic acids is 2. The van der Waals surface area contributed by atoms with Crippen LogP contribution in [0.25, 0.3) is 0 Å². The van der Waals surface area contributed by atoms with E-state index in [1.807, 2.05) is 11.0 Å². The van der Waals surface area contributed by atoms with Gasteiger partial charge in [0.15, 0.2) is 0 Å². The Labute approximate surface area is 169 Å². The van der Waals surface area contributed by atoms with E-state index in [0.29, 0.717) is 24.1 Å². The Morgan fingerprint density at radius 3 is 2.71 bits per heavy atom. The van der Waals surface area contributed by atoms with Crippen molar-refractivity contribution in [3.63, 3.8) is 0 Å². The summed E-state index contributed by atoms with van der Waals surface area (Å²) < 4.78 is 0.